The van der Waals surface area contributed by atoms with Crippen LogP contribution in [0.15, 0.2) is 24.3 Å². The monoisotopic (exact) mass is 280 g/mol. The summed E-state index contributed by atoms with van der Waals surface area (Å²) in [4.78, 5) is 0. The van der Waals surface area contributed by atoms with Crippen LogP contribution in [0.5, 0.6) is 0 Å². The van der Waals surface area contributed by atoms with Crippen molar-refractivity contribution in [2.24, 2.45) is 0 Å². The fourth-order valence-electron chi connectivity index (χ4n) is 2.27. The molecule has 0 N–H and O–H groups in total. The molecule has 2 rings (SSSR count). The maximum absolute atomic E-state index is 6.29. The molecule has 0 aliphatic heterocycles. The highest BCUT2D eigenvalue weighted by molar-refractivity contribution is 6.70. The van der Waals surface area contributed by atoms with Crippen molar-refractivity contribution in [1.29, 1.82) is 0 Å². The molecule has 0 saturated heterocycles. The Bertz CT molecular complexity index is 391. The molecular weight excluding hydrogens is 256 g/mol. The van der Waals surface area contributed by atoms with Gasteiger partial charge < -0.3 is 8.85 Å². The quantitative estimate of drug-likeness (QED) is 0.757. The smallest absolute Gasteiger partial charge is 0.184 e. The molecule has 0 bridgehead atoms. The Kier molecular flexibility index (Phi) is 3.57. The molecular formula is C14H24O2Si2. The van der Waals surface area contributed by atoms with E-state index >= 15 is 0 Å². The van der Waals surface area contributed by atoms with Gasteiger partial charge in [-0.15, -0.1) is 0 Å². The van der Waals surface area contributed by atoms with Gasteiger partial charge >= 0.3 is 0 Å². The molecule has 1 aliphatic carbocycles. The second kappa shape index (κ2) is 4.60. The van der Waals surface area contributed by atoms with Crippen LogP contribution >= 0.6 is 0 Å². The second-order valence-electron chi connectivity index (χ2n) is 6.93. The first-order valence-corrected chi connectivity index (χ1v) is 13.4. The molecule has 0 fully saturated rings. The summed E-state index contributed by atoms with van der Waals surface area (Å²) < 4.78 is 12.6. The maximum Gasteiger partial charge on any atom is 0.184 e. The summed E-state index contributed by atoms with van der Waals surface area (Å²) in [6.07, 6.45) is 0.305. The number of fused-ring (bicyclic) bond motifs is 1. The molecule has 0 spiro atoms. The first kappa shape index (κ1) is 14.0. The molecule has 0 radical (unpaired) electrons. The minimum atomic E-state index is -1.54. The highest BCUT2D eigenvalue weighted by Gasteiger charge is 2.43. The van der Waals surface area contributed by atoms with E-state index in [2.05, 4.69) is 63.5 Å². The highest BCUT2D eigenvalue weighted by atomic mass is 28.4. The third kappa shape index (κ3) is 3.12. The van der Waals surface area contributed by atoms with Gasteiger partial charge in [0, 0.05) is 0 Å². The molecule has 0 amide bonds. The van der Waals surface area contributed by atoms with Crippen molar-refractivity contribution in [1.82, 2.24) is 0 Å². The van der Waals surface area contributed by atoms with Crippen molar-refractivity contribution >= 4 is 16.6 Å². The van der Waals surface area contributed by atoms with Gasteiger partial charge in [0.1, 0.15) is 0 Å². The molecule has 0 saturated carbocycles. The van der Waals surface area contributed by atoms with Crippen molar-refractivity contribution in [3.05, 3.63) is 35.4 Å². The van der Waals surface area contributed by atoms with Crippen LogP contribution < -0.4 is 0 Å². The first-order chi connectivity index (χ1) is 8.17. The molecule has 1 aromatic rings. The summed E-state index contributed by atoms with van der Waals surface area (Å²) in [5, 5.41) is 0. The van der Waals surface area contributed by atoms with Gasteiger partial charge in [-0.3, -0.25) is 0 Å². The predicted octanol–water partition coefficient (Wildman–Crippen LogP) is 4.49. The maximum atomic E-state index is 6.29. The van der Waals surface area contributed by atoms with E-state index in [1.165, 1.54) is 11.1 Å². The first-order valence-electron chi connectivity index (χ1n) is 6.62. The zero-order chi connectivity index (χ0) is 13.6. The van der Waals surface area contributed by atoms with E-state index in [0.717, 1.165) is 0 Å². The van der Waals surface area contributed by atoms with E-state index in [4.69, 9.17) is 8.85 Å². The van der Waals surface area contributed by atoms with Crippen molar-refractivity contribution < 1.29 is 8.85 Å². The van der Waals surface area contributed by atoms with Crippen LogP contribution in [-0.4, -0.2) is 16.6 Å². The van der Waals surface area contributed by atoms with Crippen LogP contribution in [0.3, 0.4) is 0 Å². The standard InChI is InChI=1S/C14H24O2Si2/c1-17(2,3)15-13-11-9-7-8-10-12(11)14(13)16-18(4,5)6/h7-10,13-14H,1-6H3/t13-,14-/m1/s1. The van der Waals surface area contributed by atoms with E-state index in [-0.39, 0.29) is 12.2 Å². The largest absolute Gasteiger partial charge is 0.408 e. The van der Waals surface area contributed by atoms with Gasteiger partial charge in [-0.2, -0.15) is 0 Å². The minimum absolute atomic E-state index is 0.152. The fourth-order valence-corrected chi connectivity index (χ4v) is 4.30. The summed E-state index contributed by atoms with van der Waals surface area (Å²) in [6.45, 7) is 13.4. The van der Waals surface area contributed by atoms with Gasteiger partial charge in [0.15, 0.2) is 16.6 Å². The van der Waals surface area contributed by atoms with Gasteiger partial charge in [0.2, 0.25) is 0 Å². The van der Waals surface area contributed by atoms with E-state index < -0.39 is 16.6 Å². The molecule has 18 heavy (non-hydrogen) atoms. The van der Waals surface area contributed by atoms with Crippen LogP contribution in [0.1, 0.15) is 23.3 Å². The molecule has 100 valence electrons. The minimum Gasteiger partial charge on any atom is -0.408 e. The third-order valence-electron chi connectivity index (χ3n) is 2.85. The zero-order valence-electron chi connectivity index (χ0n) is 12.3. The average Bonchev–Trinajstić information content (AvgIpc) is 2.21. The van der Waals surface area contributed by atoms with Crippen molar-refractivity contribution in [2.75, 3.05) is 0 Å². The van der Waals surface area contributed by atoms with Crippen LogP contribution in [0.25, 0.3) is 0 Å². The summed E-state index contributed by atoms with van der Waals surface area (Å²) in [6, 6.07) is 8.52. The molecule has 1 aliphatic rings. The molecule has 1 aromatic carbocycles. The topological polar surface area (TPSA) is 18.5 Å². The summed E-state index contributed by atoms with van der Waals surface area (Å²) in [7, 11) is -3.08. The Morgan fingerprint density at radius 1 is 0.722 bits per heavy atom. The summed E-state index contributed by atoms with van der Waals surface area (Å²) >= 11 is 0. The van der Waals surface area contributed by atoms with Crippen molar-refractivity contribution in [3.63, 3.8) is 0 Å². The number of benzene rings is 1. The van der Waals surface area contributed by atoms with E-state index in [1.54, 1.807) is 0 Å². The Labute approximate surface area is 113 Å². The second-order valence-corrected chi connectivity index (χ2v) is 15.9. The molecule has 2 nitrogen and oxygen atoms in total. The number of hydrogen-bond donors (Lipinski definition) is 0. The van der Waals surface area contributed by atoms with E-state index in [1.807, 2.05) is 0 Å². The third-order valence-corrected chi connectivity index (χ3v) is 4.77. The zero-order valence-corrected chi connectivity index (χ0v) is 14.3. The van der Waals surface area contributed by atoms with Gasteiger partial charge in [0.25, 0.3) is 0 Å². The van der Waals surface area contributed by atoms with E-state index in [9.17, 15) is 0 Å². The van der Waals surface area contributed by atoms with Gasteiger partial charge in [-0.05, 0) is 50.4 Å². The molecule has 4 heteroatoms. The van der Waals surface area contributed by atoms with Gasteiger partial charge in [-0.1, -0.05) is 24.3 Å². The van der Waals surface area contributed by atoms with Crippen LogP contribution in [-0.2, 0) is 8.85 Å². The van der Waals surface area contributed by atoms with Gasteiger partial charge in [0.05, 0.1) is 12.2 Å². The van der Waals surface area contributed by atoms with Crippen molar-refractivity contribution in [3.8, 4) is 0 Å². The van der Waals surface area contributed by atoms with Crippen molar-refractivity contribution in [2.45, 2.75) is 51.5 Å². The van der Waals surface area contributed by atoms with Crippen LogP contribution in [0.2, 0.25) is 39.3 Å². The lowest BCUT2D eigenvalue weighted by Crippen LogP contribution is -2.41. The lowest BCUT2D eigenvalue weighted by atomic mass is 9.83. The highest BCUT2D eigenvalue weighted by Crippen LogP contribution is 2.50. The van der Waals surface area contributed by atoms with Gasteiger partial charge in [-0.25, -0.2) is 0 Å². The Hall–Kier alpha value is -0.426. The van der Waals surface area contributed by atoms with Crippen LogP contribution in [0.4, 0.5) is 0 Å². The molecule has 0 aromatic heterocycles. The number of rotatable bonds is 4. The molecule has 0 unspecified atom stereocenters. The van der Waals surface area contributed by atoms with Crippen LogP contribution in [0, 0.1) is 0 Å². The average molecular weight is 281 g/mol. The molecule has 0 heterocycles. The predicted molar refractivity (Wildman–Crippen MR) is 80.8 cm³/mol. The normalized spacial score (nSPS) is 23.4. The molecule has 2 atom stereocenters. The Balaban J connectivity index is 2.22. The Morgan fingerprint density at radius 3 is 1.33 bits per heavy atom. The van der Waals surface area contributed by atoms with E-state index in [0.29, 0.717) is 0 Å². The number of hydrogen-bond acceptors (Lipinski definition) is 2. The fraction of sp³-hybridized carbons (Fsp3) is 0.571. The SMILES string of the molecule is C[Si](C)(C)O[C@@H]1c2ccccc2[C@H]1O[Si](C)(C)C. The summed E-state index contributed by atoms with van der Waals surface area (Å²) in [5.41, 5.74) is 2.64. The lowest BCUT2D eigenvalue weighted by molar-refractivity contribution is 0.0117. The summed E-state index contributed by atoms with van der Waals surface area (Å²) in [5.74, 6) is 0. The lowest BCUT2D eigenvalue weighted by Gasteiger charge is -2.44. The Morgan fingerprint density at radius 2 is 1.06 bits per heavy atom.